The van der Waals surface area contributed by atoms with E-state index in [-0.39, 0.29) is 37.3 Å². The molecule has 0 aliphatic heterocycles. The number of nitrogens with one attached hydrogen (secondary N) is 2. The van der Waals surface area contributed by atoms with E-state index in [0.29, 0.717) is 37.9 Å². The highest BCUT2D eigenvalue weighted by Gasteiger charge is 2.62. The molecule has 47 nitrogen and oxygen atoms in total. The Labute approximate surface area is 595 Å². The Balaban J connectivity index is 0. The van der Waals surface area contributed by atoms with Crippen molar-refractivity contribution in [3.05, 3.63) is 66.4 Å². The Morgan fingerprint density at radius 1 is 0.471 bits per heavy atom. The summed E-state index contributed by atoms with van der Waals surface area (Å²) in [4.78, 5) is 223. The fourth-order valence-electron chi connectivity index (χ4n) is 9.18. The van der Waals surface area contributed by atoms with Crippen molar-refractivity contribution in [1.82, 2.24) is 29.9 Å². The molecule has 2 fully saturated rings. The van der Waals surface area contributed by atoms with Crippen LogP contribution in [0.1, 0.15) is 135 Å². The minimum atomic E-state index is -5.48. The summed E-state index contributed by atoms with van der Waals surface area (Å²) in [7, 11) is -60.8. The smallest absolute Gasteiger partial charge is 0.367 e. The molecule has 0 unspecified atom stereocenters. The fraction of sp³-hybridized carbons (Fsp3) is 0.733. The summed E-state index contributed by atoms with van der Waals surface area (Å²) in [5, 5.41) is 29.5. The summed E-state index contributed by atoms with van der Waals surface area (Å²) in [5.41, 5.74) is 1.30. The van der Waals surface area contributed by atoms with Gasteiger partial charge >= 0.3 is 91.1 Å². The van der Waals surface area contributed by atoms with Gasteiger partial charge in [0.25, 0.3) is 20.3 Å². The zero-order chi connectivity index (χ0) is 80.9. The van der Waals surface area contributed by atoms with E-state index < -0.39 is 155 Å². The molecule has 3 aromatic rings. The van der Waals surface area contributed by atoms with Crippen LogP contribution in [0.15, 0.2) is 55.1 Å². The predicted molar refractivity (Wildman–Crippen MR) is 370 cm³/mol. The second-order valence-electron chi connectivity index (χ2n) is 23.5. The van der Waals surface area contributed by atoms with Crippen LogP contribution in [0.4, 0.5) is 0 Å². The van der Waals surface area contributed by atoms with E-state index in [9.17, 15) is 70.1 Å². The standard InChI is InChI=1S/C9H12N2O7P2.C9H23NO7P2.2C8H19NO6P2.C7H11NO7P2.C3H11NO7P2.CH4/c12-9(19(13,14)15,20(16,17)18)5-7-6-10-8-3-1-2-4-11(7)8;1-3-4-5-7-10(2)8-6-9(11,18(12,13)14)19(15,16)17;2*10-16(11,12)8(17(13,14)15)9-7-5-3-1-2-4-6-7;9-7(16(10,11)12,17(13,14)15)4-6-2-1-3-8-5-6;4-2-1-3(5,12(6,7)8)13(9,10)11;/h1-4,6,12H,5H2,(H2,13,14,15)(H2,16,17,18);11H,3-8H2,1-2H3,(H2,12,13,14)(H2,15,16,17);2*7-9H,1-6H2,(H2,10,11,12)(H2,13,14,15);1-3,5,9H,4H2,(H2,10,11,12)(H2,13,14,15);5H,1-2,4H2,(H2,6,7,8)(H2,9,10,11);1H4. The van der Waals surface area contributed by atoms with Gasteiger partial charge in [0.2, 0.25) is 11.0 Å². The number of unbranched alkanes of at least 4 members (excludes halogenated alkanes) is 2. The van der Waals surface area contributed by atoms with Gasteiger partial charge in [-0.3, -0.25) is 70.4 Å². The van der Waals surface area contributed by atoms with Crippen molar-refractivity contribution in [2.24, 2.45) is 5.73 Å². The Morgan fingerprint density at radius 3 is 1.12 bits per heavy atom. The second-order valence-corrected chi connectivity index (χ2v) is 47.1. The summed E-state index contributed by atoms with van der Waals surface area (Å²) >= 11 is 0. The summed E-state index contributed by atoms with van der Waals surface area (Å²) in [6, 6.07) is 7.15. The van der Waals surface area contributed by atoms with Gasteiger partial charge in [-0.05, 0) is 76.0 Å². The average molecular weight is 1750 g/mol. The van der Waals surface area contributed by atoms with Gasteiger partial charge in [-0.2, -0.15) is 0 Å². The quantitative estimate of drug-likeness (QED) is 0.0260. The van der Waals surface area contributed by atoms with Gasteiger partial charge in [0.05, 0.1) is 0 Å². The molecule has 2 aliphatic rings. The van der Waals surface area contributed by atoms with Crippen molar-refractivity contribution < 1.29 is 193 Å². The van der Waals surface area contributed by atoms with Crippen molar-refractivity contribution in [2.75, 3.05) is 26.7 Å². The van der Waals surface area contributed by atoms with Crippen LogP contribution in [0, 0.1) is 0 Å². The second kappa shape index (κ2) is 42.4. The first-order valence-electron chi connectivity index (χ1n) is 29.8. The van der Waals surface area contributed by atoms with Gasteiger partial charge in [-0.1, -0.05) is 90.7 Å². The number of hydrogen-bond acceptors (Lipinski definition) is 22. The molecule has 0 saturated heterocycles. The third kappa shape index (κ3) is 33.6. The molecule has 32 N–H and O–H groups in total. The molecule has 5 rings (SSSR count). The first-order chi connectivity index (χ1) is 46.1. The number of aliphatic hydroxyl groups is 4. The average Bonchev–Trinajstić information content (AvgIpc) is 0.993. The maximum absolute atomic E-state index is 11.3. The first kappa shape index (κ1) is 105. The van der Waals surface area contributed by atoms with Gasteiger partial charge in [-0.15, -0.1) is 0 Å². The summed E-state index contributed by atoms with van der Waals surface area (Å²) in [6.45, 7) is 2.19. The Morgan fingerprint density at radius 2 is 0.817 bits per heavy atom. The van der Waals surface area contributed by atoms with Crippen LogP contribution in [-0.2, 0) is 67.6 Å². The van der Waals surface area contributed by atoms with Crippen LogP contribution in [0.3, 0.4) is 0 Å². The highest BCUT2D eigenvalue weighted by atomic mass is 31.3. The SMILES string of the molecule is C.CCCCCN(C)CCC(O)(P(=O)(O)O)P(=O)(O)O.NCCC(O)(P(=O)(O)O)P(=O)(O)O.O=P(O)(O)C(NC1CCCCCC1)P(=O)(O)O.O=P(O)(O)C(NC1CCCCCC1)P(=O)(O)O.O=P(O)(O)C(O)(Cc1cccnc1)P(=O)(O)O.O=P(O)(O)C(O)(Cc1cnc2ccccn12)P(=O)(O)O. The molecule has 104 heavy (non-hydrogen) atoms. The van der Waals surface area contributed by atoms with Gasteiger partial charge in [0.1, 0.15) is 5.65 Å². The minimum Gasteiger partial charge on any atom is -0.367 e. The number of nitrogens with two attached hydrogens (primary N) is 1. The van der Waals surface area contributed by atoms with Gasteiger partial charge in [0.15, 0.2) is 0 Å². The minimum absolute atomic E-state index is 0. The summed E-state index contributed by atoms with van der Waals surface area (Å²) < 4.78 is 134. The van der Waals surface area contributed by atoms with Crippen molar-refractivity contribution in [2.45, 2.75) is 180 Å². The van der Waals surface area contributed by atoms with Crippen molar-refractivity contribution in [3.8, 4) is 0 Å². The normalized spacial score (nSPS) is 16.0. The third-order valence-corrected chi connectivity index (χ3v) is 37.0. The molecule has 3 aromatic heterocycles. The van der Waals surface area contributed by atoms with E-state index in [2.05, 4.69) is 20.6 Å². The number of aromatic nitrogens is 3. The summed E-state index contributed by atoms with van der Waals surface area (Å²) in [5.74, 6) is 0. The van der Waals surface area contributed by atoms with E-state index in [1.54, 1.807) is 30.1 Å². The lowest BCUT2D eigenvalue weighted by Crippen LogP contribution is -2.37. The van der Waals surface area contributed by atoms with Gasteiger partial charge in [0, 0.05) is 74.8 Å². The lowest BCUT2D eigenvalue weighted by Gasteiger charge is -2.30. The zero-order valence-electron chi connectivity index (χ0n) is 54.7. The number of fused-ring (bicyclic) bond motifs is 1. The molecule has 2 saturated carbocycles. The number of imidazole rings is 1. The molecule has 2 aliphatic carbocycles. The highest BCUT2D eigenvalue weighted by Crippen LogP contribution is 2.72. The largest absolute Gasteiger partial charge is 0.369 e. The van der Waals surface area contributed by atoms with Crippen LogP contribution in [0.5, 0.6) is 0 Å². The first-order valence-corrected chi connectivity index (χ1v) is 49.5. The third-order valence-electron chi connectivity index (χ3n) is 15.0. The molecule has 614 valence electrons. The molecule has 0 atom stereocenters. The van der Waals surface area contributed by atoms with Gasteiger partial charge in [-0.25, -0.2) is 4.98 Å². The van der Waals surface area contributed by atoms with Crippen molar-refractivity contribution in [1.29, 1.82) is 0 Å². The molecule has 59 heteroatoms. The lowest BCUT2D eigenvalue weighted by molar-refractivity contribution is 0.112. The number of hydrogen-bond donors (Lipinski definition) is 31. The van der Waals surface area contributed by atoms with E-state index in [4.69, 9.17) is 128 Å². The maximum atomic E-state index is 11.3. The van der Waals surface area contributed by atoms with E-state index in [1.807, 2.05) is 6.92 Å². The monoisotopic (exact) mass is 1750 g/mol. The number of nitrogens with zero attached hydrogens (tertiary/aromatic N) is 4. The summed E-state index contributed by atoms with van der Waals surface area (Å²) in [6.07, 6.45) is 15.3. The van der Waals surface area contributed by atoms with Crippen molar-refractivity contribution in [3.63, 3.8) is 0 Å². The van der Waals surface area contributed by atoms with Gasteiger partial charge < -0.3 is 153 Å². The zero-order valence-corrected chi connectivity index (χ0v) is 65.4. The molecule has 0 bridgehead atoms. The molecule has 0 amide bonds. The predicted octanol–water partition coefficient (Wildman–Crippen LogP) is 0.852. The molecule has 0 spiro atoms. The lowest BCUT2D eigenvalue weighted by atomic mass is 10.1. The van der Waals surface area contributed by atoms with Crippen LogP contribution < -0.4 is 16.4 Å². The topological polar surface area (TPSA) is 855 Å². The van der Waals surface area contributed by atoms with Crippen LogP contribution >= 0.6 is 91.1 Å². The van der Waals surface area contributed by atoms with E-state index in [0.717, 1.165) is 76.8 Å². The van der Waals surface area contributed by atoms with Crippen LogP contribution in [0.25, 0.3) is 5.65 Å². The highest BCUT2D eigenvalue weighted by molar-refractivity contribution is 7.74. The van der Waals surface area contributed by atoms with E-state index >= 15 is 0 Å². The van der Waals surface area contributed by atoms with Crippen LogP contribution in [0.2, 0.25) is 0 Å². The maximum Gasteiger partial charge on any atom is 0.369 e. The Hall–Kier alpha value is -0.680. The molecule has 0 aromatic carbocycles. The number of rotatable bonds is 29. The van der Waals surface area contributed by atoms with E-state index in [1.165, 1.54) is 35.1 Å². The van der Waals surface area contributed by atoms with Crippen molar-refractivity contribution >= 4 is 96.8 Å². The van der Waals surface area contributed by atoms with Crippen LogP contribution in [-0.4, -0.2) is 227 Å². The molecule has 0 radical (unpaired) electrons. The fourth-order valence-corrected chi connectivity index (χ4v) is 22.5. The molecular weight excluding hydrogens is 1650 g/mol. The Kier molecular flexibility index (Phi) is 43.0. The molecule has 3 heterocycles. The Bertz CT molecular complexity index is 3500. The molecular formula is C45H99N7O40P12. The number of pyridine rings is 2.